The van der Waals surface area contributed by atoms with Crippen LogP contribution in [0.25, 0.3) is 0 Å². The topological polar surface area (TPSA) is 178 Å². The summed E-state index contributed by atoms with van der Waals surface area (Å²) in [5, 5.41) is 30.7. The van der Waals surface area contributed by atoms with Gasteiger partial charge >= 0.3 is 16.4 Å². The molecule has 12 nitrogen and oxygen atoms in total. The maximum atomic E-state index is 12.9. The molecule has 0 radical (unpaired) electrons. The van der Waals surface area contributed by atoms with Gasteiger partial charge in [-0.25, -0.2) is 4.18 Å². The Morgan fingerprint density at radius 1 is 0.609 bits per heavy atom. The van der Waals surface area contributed by atoms with E-state index in [9.17, 15) is 33.1 Å². The second-order valence-corrected chi connectivity index (χ2v) is 17.0. The first-order valence-electron chi connectivity index (χ1n) is 24.0. The summed E-state index contributed by atoms with van der Waals surface area (Å²) in [6.07, 6.45) is 47.2. The van der Waals surface area contributed by atoms with Gasteiger partial charge in [-0.1, -0.05) is 156 Å². The largest absolute Gasteiger partial charge is 0.457 e. The summed E-state index contributed by atoms with van der Waals surface area (Å²) < 4.78 is 59.1. The third-order valence-corrected chi connectivity index (χ3v) is 10.6. The van der Waals surface area contributed by atoms with Crippen LogP contribution in [0.15, 0.2) is 97.2 Å². The Kier molecular flexibility index (Phi) is 38.2. The second kappa shape index (κ2) is 41.5. The zero-order valence-corrected chi connectivity index (χ0v) is 39.9. The summed E-state index contributed by atoms with van der Waals surface area (Å²) >= 11 is 0. The molecule has 0 amide bonds. The second-order valence-electron chi connectivity index (χ2n) is 16.0. The van der Waals surface area contributed by atoms with Crippen molar-refractivity contribution in [2.24, 2.45) is 0 Å². The molecule has 0 saturated carbocycles. The van der Waals surface area contributed by atoms with Gasteiger partial charge in [0.05, 0.1) is 19.8 Å². The van der Waals surface area contributed by atoms with Crippen LogP contribution in [0.2, 0.25) is 0 Å². The SMILES string of the molecule is CC/C=C\C/C=C\C/C=C\C/C=C\C/C=C\C/C=C\CCCCCCC(=O)OC(COCCCCCCCC/C=C\C/C=C\CCC)COC1OC(CO)C(O)C(OS(=O)(=O)O)C1O. The number of rotatable bonds is 40. The van der Waals surface area contributed by atoms with Gasteiger partial charge in [0.1, 0.15) is 30.5 Å². The number of hydrogen-bond acceptors (Lipinski definition) is 11. The van der Waals surface area contributed by atoms with Crippen molar-refractivity contribution in [3.8, 4) is 0 Å². The van der Waals surface area contributed by atoms with Gasteiger partial charge in [-0.2, -0.15) is 8.42 Å². The fourth-order valence-electron chi connectivity index (χ4n) is 6.59. The molecule has 1 fully saturated rings. The first kappa shape index (κ1) is 59.0. The van der Waals surface area contributed by atoms with Crippen molar-refractivity contribution >= 4 is 16.4 Å². The molecule has 6 unspecified atom stereocenters. The van der Waals surface area contributed by atoms with E-state index in [-0.39, 0.29) is 19.6 Å². The Hall–Kier alpha value is -2.98. The van der Waals surface area contributed by atoms with Crippen LogP contribution in [0.5, 0.6) is 0 Å². The van der Waals surface area contributed by atoms with Crippen LogP contribution in [-0.2, 0) is 38.3 Å². The molecule has 1 saturated heterocycles. The molecule has 0 aromatic rings. The Morgan fingerprint density at radius 3 is 1.58 bits per heavy atom. The van der Waals surface area contributed by atoms with Crippen LogP contribution >= 0.6 is 0 Å². The Labute approximate surface area is 386 Å². The first-order chi connectivity index (χ1) is 31.1. The van der Waals surface area contributed by atoms with Gasteiger partial charge in [-0.05, 0) is 89.9 Å². The molecule has 0 aromatic heterocycles. The van der Waals surface area contributed by atoms with Crippen molar-refractivity contribution in [3.05, 3.63) is 97.2 Å². The lowest BCUT2D eigenvalue weighted by Gasteiger charge is -2.41. The monoisotopic (exact) mass is 921 g/mol. The fourth-order valence-corrected chi connectivity index (χ4v) is 7.10. The normalized spacial score (nSPS) is 20.6. The van der Waals surface area contributed by atoms with Crippen molar-refractivity contribution in [3.63, 3.8) is 0 Å². The van der Waals surface area contributed by atoms with Gasteiger partial charge in [-0.3, -0.25) is 9.35 Å². The van der Waals surface area contributed by atoms with Crippen LogP contribution in [0.4, 0.5) is 0 Å². The van der Waals surface area contributed by atoms with E-state index in [0.717, 1.165) is 109 Å². The van der Waals surface area contributed by atoms with E-state index in [1.54, 1.807) is 0 Å². The summed E-state index contributed by atoms with van der Waals surface area (Å²) in [6, 6.07) is 0. The summed E-state index contributed by atoms with van der Waals surface area (Å²) in [5.74, 6) is -0.432. The quantitative estimate of drug-likeness (QED) is 0.0198. The van der Waals surface area contributed by atoms with Crippen LogP contribution in [0.1, 0.15) is 155 Å². The fraction of sp³-hybridized carbons (Fsp3) is 0.667. The minimum absolute atomic E-state index is 0.0114. The minimum atomic E-state index is -5.07. The molecule has 13 heteroatoms. The average Bonchev–Trinajstić information content (AvgIpc) is 3.27. The highest BCUT2D eigenvalue weighted by Gasteiger charge is 2.48. The molecule has 0 aromatic carbocycles. The number of hydrogen-bond donors (Lipinski definition) is 4. The summed E-state index contributed by atoms with van der Waals surface area (Å²) in [5.41, 5.74) is 0. The number of aliphatic hydroxyl groups is 3. The number of aliphatic hydroxyl groups excluding tert-OH is 3. The van der Waals surface area contributed by atoms with E-state index in [0.29, 0.717) is 13.0 Å². The number of allylic oxidation sites excluding steroid dienone is 16. The van der Waals surface area contributed by atoms with E-state index >= 15 is 0 Å². The molecular weight excluding hydrogens is 837 g/mol. The predicted molar refractivity (Wildman–Crippen MR) is 257 cm³/mol. The van der Waals surface area contributed by atoms with Gasteiger partial charge in [0.15, 0.2) is 6.29 Å². The Morgan fingerprint density at radius 2 is 1.08 bits per heavy atom. The van der Waals surface area contributed by atoms with Gasteiger partial charge < -0.3 is 34.3 Å². The molecule has 1 aliphatic rings. The summed E-state index contributed by atoms with van der Waals surface area (Å²) in [4.78, 5) is 12.9. The van der Waals surface area contributed by atoms with E-state index in [1.165, 1.54) is 19.3 Å². The van der Waals surface area contributed by atoms with Gasteiger partial charge in [0, 0.05) is 13.0 Å². The lowest BCUT2D eigenvalue weighted by Crippen LogP contribution is -2.60. The number of ether oxygens (including phenoxy) is 4. The zero-order chi connectivity index (χ0) is 46.8. The maximum Gasteiger partial charge on any atom is 0.397 e. The molecule has 1 heterocycles. The van der Waals surface area contributed by atoms with E-state index in [1.807, 2.05) is 0 Å². The molecule has 64 heavy (non-hydrogen) atoms. The van der Waals surface area contributed by atoms with Gasteiger partial charge in [0.25, 0.3) is 0 Å². The van der Waals surface area contributed by atoms with Crippen LogP contribution in [0, 0.1) is 0 Å². The van der Waals surface area contributed by atoms with E-state index in [2.05, 4.69) is 115 Å². The molecule has 1 rings (SSSR count). The summed E-state index contributed by atoms with van der Waals surface area (Å²) in [7, 11) is -5.07. The van der Waals surface area contributed by atoms with E-state index < -0.39 is 59.8 Å². The van der Waals surface area contributed by atoms with Gasteiger partial charge in [0.2, 0.25) is 0 Å². The number of esters is 1. The Bertz CT molecular complexity index is 1480. The standard InChI is InChI=1S/C51H84O12S/c1-3-5-7-9-11-13-15-17-19-20-21-22-23-24-25-26-27-28-30-32-34-36-38-40-47(53)61-45(43-59-41-39-37-35-33-31-29-18-16-14-12-10-8-6-4-2)44-60-51-49(55)50(63-64(56,57)58)48(54)46(42-52)62-51/h5,7-8,10-11,13-14,16-17,19,21-22,24-25,27-28,45-46,48-52,54-55H,3-4,6,9,12,15,18,20,23,26,29-44H2,1-2H3,(H,56,57,58)/b7-5-,10-8-,13-11-,16-14-,19-17-,22-21-,25-24-,28-27-. The molecule has 1 aliphatic heterocycles. The predicted octanol–water partition coefficient (Wildman–Crippen LogP) is 10.6. The lowest BCUT2D eigenvalue weighted by atomic mass is 9.99. The molecule has 0 bridgehead atoms. The molecule has 366 valence electrons. The van der Waals surface area contributed by atoms with Crippen LogP contribution < -0.4 is 0 Å². The van der Waals surface area contributed by atoms with Crippen molar-refractivity contribution in [2.75, 3.05) is 26.4 Å². The highest BCUT2D eigenvalue weighted by molar-refractivity contribution is 7.80. The van der Waals surface area contributed by atoms with Crippen LogP contribution in [0.3, 0.4) is 0 Å². The first-order valence-corrected chi connectivity index (χ1v) is 25.4. The molecule has 0 aliphatic carbocycles. The molecule has 4 N–H and O–H groups in total. The third kappa shape index (κ3) is 34.4. The third-order valence-electron chi connectivity index (χ3n) is 10.2. The Balaban J connectivity index is 2.43. The van der Waals surface area contributed by atoms with E-state index in [4.69, 9.17) is 18.9 Å². The highest BCUT2D eigenvalue weighted by atomic mass is 32.3. The van der Waals surface area contributed by atoms with Gasteiger partial charge in [-0.15, -0.1) is 0 Å². The van der Waals surface area contributed by atoms with Crippen molar-refractivity contribution in [2.45, 2.75) is 192 Å². The van der Waals surface area contributed by atoms with Crippen LogP contribution in [-0.4, -0.2) is 97.5 Å². The average molecular weight is 921 g/mol. The number of carbonyl (C=O) groups excluding carboxylic acids is 1. The van der Waals surface area contributed by atoms with Crippen molar-refractivity contribution < 1.29 is 56.2 Å². The minimum Gasteiger partial charge on any atom is -0.457 e. The summed E-state index contributed by atoms with van der Waals surface area (Å²) in [6.45, 7) is 3.73. The highest BCUT2D eigenvalue weighted by Crippen LogP contribution is 2.26. The zero-order valence-electron chi connectivity index (χ0n) is 39.0. The number of unbranched alkanes of at least 4 members (excludes halogenated alkanes) is 11. The molecular formula is C51H84O12S. The smallest absolute Gasteiger partial charge is 0.397 e. The maximum absolute atomic E-state index is 12.9. The molecule has 0 spiro atoms. The van der Waals surface area contributed by atoms with Crippen molar-refractivity contribution in [1.82, 2.24) is 0 Å². The van der Waals surface area contributed by atoms with Crippen molar-refractivity contribution in [1.29, 1.82) is 0 Å². The molecule has 6 atom stereocenters. The lowest BCUT2D eigenvalue weighted by molar-refractivity contribution is -0.301. The number of carbonyl (C=O) groups is 1.